The van der Waals surface area contributed by atoms with E-state index in [1.54, 1.807) is 18.3 Å². The third-order valence-corrected chi connectivity index (χ3v) is 2.47. The van der Waals surface area contributed by atoms with Gasteiger partial charge in [0.1, 0.15) is 0 Å². The van der Waals surface area contributed by atoms with Crippen molar-refractivity contribution in [2.75, 3.05) is 11.9 Å². The summed E-state index contributed by atoms with van der Waals surface area (Å²) in [5, 5.41) is 2.92. The lowest BCUT2D eigenvalue weighted by Crippen LogP contribution is -2.09. The second-order valence-electron chi connectivity index (χ2n) is 3.88. The van der Waals surface area contributed by atoms with E-state index in [1.165, 1.54) is 6.07 Å². The molecule has 1 radical (unpaired) electrons. The molecule has 1 N–H and O–H groups in total. The molecule has 0 saturated heterocycles. The fourth-order valence-corrected chi connectivity index (χ4v) is 1.58. The van der Waals surface area contributed by atoms with Gasteiger partial charge in [0.15, 0.2) is 0 Å². The van der Waals surface area contributed by atoms with Crippen molar-refractivity contribution >= 4 is 5.95 Å². The van der Waals surface area contributed by atoms with E-state index in [-0.39, 0.29) is 0 Å². The molecule has 6 heteroatoms. The van der Waals surface area contributed by atoms with Gasteiger partial charge in [-0.15, -0.1) is 0 Å². The van der Waals surface area contributed by atoms with Crippen molar-refractivity contribution in [2.45, 2.75) is 12.6 Å². The van der Waals surface area contributed by atoms with Crippen molar-refractivity contribution in [1.82, 2.24) is 9.97 Å². The Hall–Kier alpha value is -2.11. The van der Waals surface area contributed by atoms with Gasteiger partial charge in [-0.05, 0) is 24.1 Å². The van der Waals surface area contributed by atoms with E-state index in [4.69, 9.17) is 0 Å². The van der Waals surface area contributed by atoms with Crippen molar-refractivity contribution in [1.29, 1.82) is 0 Å². The molecule has 0 aliphatic heterocycles. The summed E-state index contributed by atoms with van der Waals surface area (Å²) in [6.07, 6.45) is 0.312. The molecule has 1 aromatic carbocycles. The largest absolute Gasteiger partial charge is 0.416 e. The Bertz CT molecular complexity index is 526. The quantitative estimate of drug-likeness (QED) is 0.924. The zero-order valence-electron chi connectivity index (χ0n) is 9.91. The number of nitrogens with zero attached hydrogens (tertiary/aromatic N) is 2. The average molecular weight is 266 g/mol. The highest BCUT2D eigenvalue weighted by Crippen LogP contribution is 2.29. The fraction of sp³-hybridized carbons (Fsp3) is 0.231. The summed E-state index contributed by atoms with van der Waals surface area (Å²) in [6.45, 7) is 0.458. The molecule has 0 fully saturated rings. The third kappa shape index (κ3) is 3.94. The fourth-order valence-electron chi connectivity index (χ4n) is 1.58. The van der Waals surface area contributed by atoms with Crippen molar-refractivity contribution in [2.24, 2.45) is 0 Å². The number of hydrogen-bond acceptors (Lipinski definition) is 3. The SMILES string of the molecule is FC(F)(F)c1cccc(CCNc2n[c]ccn2)c1. The second-order valence-corrected chi connectivity index (χ2v) is 3.88. The molecule has 1 aromatic heterocycles. The van der Waals surface area contributed by atoms with Crippen LogP contribution in [-0.2, 0) is 12.6 Å². The van der Waals surface area contributed by atoms with Gasteiger partial charge in [-0.3, -0.25) is 0 Å². The predicted octanol–water partition coefficient (Wildman–Crippen LogP) is 2.95. The predicted molar refractivity (Wildman–Crippen MR) is 64.5 cm³/mol. The summed E-state index contributed by atoms with van der Waals surface area (Å²) in [6, 6.07) is 6.85. The number of rotatable bonds is 4. The van der Waals surface area contributed by atoms with E-state index in [9.17, 15) is 13.2 Å². The number of alkyl halides is 3. The Kier molecular flexibility index (Phi) is 3.99. The minimum atomic E-state index is -4.30. The van der Waals surface area contributed by atoms with Gasteiger partial charge in [-0.2, -0.15) is 13.2 Å². The molecule has 0 amide bonds. The van der Waals surface area contributed by atoms with Crippen molar-refractivity contribution in [3.05, 3.63) is 53.9 Å². The molecular formula is C13H11F3N3. The van der Waals surface area contributed by atoms with Crippen LogP contribution in [0.3, 0.4) is 0 Å². The van der Waals surface area contributed by atoms with Crippen molar-refractivity contribution < 1.29 is 13.2 Å². The van der Waals surface area contributed by atoms with Gasteiger partial charge in [0.05, 0.1) is 11.8 Å². The minimum Gasteiger partial charge on any atom is -0.354 e. The van der Waals surface area contributed by atoms with E-state index in [1.807, 2.05) is 0 Å². The van der Waals surface area contributed by atoms with Gasteiger partial charge in [0.2, 0.25) is 5.95 Å². The van der Waals surface area contributed by atoms with Gasteiger partial charge in [0.25, 0.3) is 0 Å². The number of anilines is 1. The number of benzene rings is 1. The van der Waals surface area contributed by atoms with Crippen molar-refractivity contribution in [3.63, 3.8) is 0 Å². The summed E-state index contributed by atoms with van der Waals surface area (Å²) in [5.74, 6) is 0.412. The summed E-state index contributed by atoms with van der Waals surface area (Å²) in [7, 11) is 0. The molecule has 99 valence electrons. The first-order valence-electron chi connectivity index (χ1n) is 5.65. The van der Waals surface area contributed by atoms with Gasteiger partial charge < -0.3 is 5.32 Å². The van der Waals surface area contributed by atoms with Crippen LogP contribution < -0.4 is 5.32 Å². The smallest absolute Gasteiger partial charge is 0.354 e. The van der Waals surface area contributed by atoms with Crippen LogP contribution in [0.5, 0.6) is 0 Å². The molecule has 0 unspecified atom stereocenters. The summed E-state index contributed by atoms with van der Waals surface area (Å²) in [4.78, 5) is 7.77. The Labute approximate surface area is 108 Å². The molecule has 19 heavy (non-hydrogen) atoms. The van der Waals surface area contributed by atoms with Crippen LogP contribution in [0.1, 0.15) is 11.1 Å². The van der Waals surface area contributed by atoms with Gasteiger partial charge in [-0.1, -0.05) is 18.2 Å². The van der Waals surface area contributed by atoms with Gasteiger partial charge in [0, 0.05) is 12.7 Å². The molecule has 2 aromatic rings. The van der Waals surface area contributed by atoms with Crippen LogP contribution >= 0.6 is 0 Å². The first-order chi connectivity index (χ1) is 9.05. The lowest BCUT2D eigenvalue weighted by molar-refractivity contribution is -0.137. The lowest BCUT2D eigenvalue weighted by atomic mass is 10.1. The summed E-state index contributed by atoms with van der Waals surface area (Å²) < 4.78 is 37.5. The first kappa shape index (κ1) is 13.3. The molecule has 3 nitrogen and oxygen atoms in total. The highest BCUT2D eigenvalue weighted by Gasteiger charge is 2.30. The first-order valence-corrected chi connectivity index (χ1v) is 5.65. The van der Waals surface area contributed by atoms with E-state index < -0.39 is 11.7 Å². The maximum Gasteiger partial charge on any atom is 0.416 e. The molecule has 0 spiro atoms. The second kappa shape index (κ2) is 5.69. The zero-order chi connectivity index (χ0) is 13.7. The Morgan fingerprint density at radius 1 is 1.26 bits per heavy atom. The number of nitrogens with one attached hydrogen (secondary N) is 1. The highest BCUT2D eigenvalue weighted by molar-refractivity contribution is 5.27. The van der Waals surface area contributed by atoms with E-state index in [0.717, 1.165) is 12.1 Å². The van der Waals surface area contributed by atoms with Crippen LogP contribution in [0.2, 0.25) is 0 Å². The number of aromatic nitrogens is 2. The molecule has 0 aliphatic rings. The van der Waals surface area contributed by atoms with Crippen molar-refractivity contribution in [3.8, 4) is 0 Å². The van der Waals surface area contributed by atoms with E-state index in [0.29, 0.717) is 24.5 Å². The zero-order valence-corrected chi connectivity index (χ0v) is 9.91. The average Bonchev–Trinajstić information content (AvgIpc) is 2.39. The van der Waals surface area contributed by atoms with Crippen LogP contribution in [0.15, 0.2) is 36.5 Å². The van der Waals surface area contributed by atoms with Crippen LogP contribution in [-0.4, -0.2) is 16.5 Å². The topological polar surface area (TPSA) is 37.8 Å². The van der Waals surface area contributed by atoms with E-state index in [2.05, 4.69) is 21.5 Å². The lowest BCUT2D eigenvalue weighted by Gasteiger charge is -2.09. The maximum absolute atomic E-state index is 12.5. The number of halogens is 3. The summed E-state index contributed by atoms with van der Waals surface area (Å²) in [5.41, 5.74) is -0.0171. The van der Waals surface area contributed by atoms with Crippen LogP contribution in [0, 0.1) is 6.20 Å². The summed E-state index contributed by atoms with van der Waals surface area (Å²) >= 11 is 0. The van der Waals surface area contributed by atoms with Gasteiger partial charge >= 0.3 is 6.18 Å². The molecule has 2 rings (SSSR count). The van der Waals surface area contributed by atoms with Crippen LogP contribution in [0.4, 0.5) is 19.1 Å². The molecule has 0 bridgehead atoms. The van der Waals surface area contributed by atoms with Gasteiger partial charge in [-0.25, -0.2) is 9.97 Å². The standard InChI is InChI=1S/C13H11F3N3/c14-13(15,16)11-4-1-3-10(9-11)5-8-19-12-17-6-2-7-18-12/h1-4,6,9H,5,8H2,(H,17,18,19). The van der Waals surface area contributed by atoms with Crippen LogP contribution in [0.25, 0.3) is 0 Å². The normalized spacial score (nSPS) is 11.3. The Balaban J connectivity index is 1.93. The van der Waals surface area contributed by atoms with E-state index >= 15 is 0 Å². The number of hydrogen-bond donors (Lipinski definition) is 1. The molecule has 0 atom stereocenters. The molecular weight excluding hydrogens is 255 g/mol. The maximum atomic E-state index is 12.5. The third-order valence-electron chi connectivity index (χ3n) is 2.47. The minimum absolute atomic E-state index is 0.412. The Morgan fingerprint density at radius 3 is 2.79 bits per heavy atom. The highest BCUT2D eigenvalue weighted by atomic mass is 19.4. The monoisotopic (exact) mass is 266 g/mol. The molecule has 0 saturated carbocycles. The Morgan fingerprint density at radius 2 is 2.11 bits per heavy atom. The molecule has 1 heterocycles. The molecule has 0 aliphatic carbocycles.